The molecule has 1 rings (SSSR count). The third kappa shape index (κ3) is 3.35. The zero-order chi connectivity index (χ0) is 13.7. The summed E-state index contributed by atoms with van der Waals surface area (Å²) in [5, 5.41) is 11.1. The molecule has 102 valence electrons. The van der Waals surface area contributed by atoms with Crippen LogP contribution in [0.15, 0.2) is 0 Å². The fourth-order valence-corrected chi connectivity index (χ4v) is 1.89. The van der Waals surface area contributed by atoms with Crippen molar-refractivity contribution >= 4 is 18.0 Å². The van der Waals surface area contributed by atoms with Gasteiger partial charge in [0.15, 0.2) is 0 Å². The van der Waals surface area contributed by atoms with Gasteiger partial charge < -0.3 is 20.1 Å². The number of carboxylic acids is 1. The summed E-state index contributed by atoms with van der Waals surface area (Å²) in [6.07, 6.45) is 2.18. The number of likely N-dealkylation sites (tertiary alicyclic amines) is 1. The molecule has 1 saturated heterocycles. The van der Waals surface area contributed by atoms with Gasteiger partial charge in [0.25, 0.3) is 0 Å². The number of aliphatic carboxylic acids is 1. The molecule has 0 aliphatic carbocycles. The molecule has 7 heteroatoms. The molecule has 18 heavy (non-hydrogen) atoms. The van der Waals surface area contributed by atoms with Crippen LogP contribution in [0.5, 0.6) is 0 Å². The van der Waals surface area contributed by atoms with Gasteiger partial charge in [0.05, 0.1) is 7.11 Å². The van der Waals surface area contributed by atoms with Gasteiger partial charge in [0.1, 0.15) is 12.1 Å². The van der Waals surface area contributed by atoms with E-state index in [1.807, 2.05) is 0 Å². The number of urea groups is 1. The zero-order valence-corrected chi connectivity index (χ0v) is 10.5. The van der Waals surface area contributed by atoms with E-state index in [1.165, 1.54) is 18.9 Å². The van der Waals surface area contributed by atoms with Crippen molar-refractivity contribution in [3.05, 3.63) is 0 Å². The van der Waals surface area contributed by atoms with Crippen molar-refractivity contribution in [3.63, 3.8) is 0 Å². The van der Waals surface area contributed by atoms with Gasteiger partial charge in [-0.05, 0) is 26.2 Å². The second kappa shape index (κ2) is 6.23. The standard InChI is InChI=1S/C11H18N2O5/c1-7(9(14)15)12-11(17)13-6-4-3-5-8(13)10(16)18-2/h7-8H,3-6H2,1-2H3,(H,12,17)(H,14,15). The lowest BCUT2D eigenvalue weighted by atomic mass is 10.0. The van der Waals surface area contributed by atoms with Crippen molar-refractivity contribution < 1.29 is 24.2 Å². The molecule has 0 aromatic heterocycles. The molecule has 0 radical (unpaired) electrons. The van der Waals surface area contributed by atoms with E-state index in [9.17, 15) is 14.4 Å². The molecule has 0 spiro atoms. The number of amides is 2. The topological polar surface area (TPSA) is 95.9 Å². The number of rotatable bonds is 3. The first-order chi connectivity index (χ1) is 8.47. The van der Waals surface area contributed by atoms with Crippen molar-refractivity contribution in [3.8, 4) is 0 Å². The smallest absolute Gasteiger partial charge is 0.328 e. The fourth-order valence-electron chi connectivity index (χ4n) is 1.89. The Hall–Kier alpha value is -1.79. The largest absolute Gasteiger partial charge is 0.480 e. The molecule has 2 N–H and O–H groups in total. The number of ether oxygens (including phenoxy) is 1. The number of hydrogen-bond donors (Lipinski definition) is 2. The lowest BCUT2D eigenvalue weighted by molar-refractivity contribution is -0.146. The molecular weight excluding hydrogens is 240 g/mol. The first-order valence-corrected chi connectivity index (χ1v) is 5.85. The quantitative estimate of drug-likeness (QED) is 0.705. The minimum Gasteiger partial charge on any atom is -0.480 e. The number of carbonyl (C=O) groups is 3. The number of nitrogens with one attached hydrogen (secondary N) is 1. The average molecular weight is 258 g/mol. The SMILES string of the molecule is COC(=O)C1CCCCN1C(=O)NC(C)C(=O)O. The molecule has 0 aromatic rings. The first kappa shape index (κ1) is 14.3. The van der Waals surface area contributed by atoms with Crippen molar-refractivity contribution in [1.82, 2.24) is 10.2 Å². The number of piperidine rings is 1. The number of esters is 1. The molecule has 1 heterocycles. The number of methoxy groups -OCH3 is 1. The summed E-state index contributed by atoms with van der Waals surface area (Å²) in [6, 6.07) is -2.15. The summed E-state index contributed by atoms with van der Waals surface area (Å²) in [5.41, 5.74) is 0. The lowest BCUT2D eigenvalue weighted by Gasteiger charge is -2.34. The molecule has 2 unspecified atom stereocenters. The third-order valence-corrected chi connectivity index (χ3v) is 2.95. The second-order valence-corrected chi connectivity index (χ2v) is 4.24. The Bertz CT molecular complexity index is 344. The molecule has 0 saturated carbocycles. The van der Waals surface area contributed by atoms with Gasteiger partial charge in [0, 0.05) is 6.54 Å². The lowest BCUT2D eigenvalue weighted by Crippen LogP contribution is -2.54. The third-order valence-electron chi connectivity index (χ3n) is 2.95. The van der Waals surface area contributed by atoms with Crippen LogP contribution in [0.3, 0.4) is 0 Å². The van der Waals surface area contributed by atoms with Gasteiger partial charge in [-0.25, -0.2) is 9.59 Å². The summed E-state index contributed by atoms with van der Waals surface area (Å²) in [4.78, 5) is 35.4. The Morgan fingerprint density at radius 2 is 2.06 bits per heavy atom. The van der Waals surface area contributed by atoms with E-state index >= 15 is 0 Å². The molecule has 0 bridgehead atoms. The molecule has 7 nitrogen and oxygen atoms in total. The van der Waals surface area contributed by atoms with Gasteiger partial charge >= 0.3 is 18.0 Å². The maximum absolute atomic E-state index is 11.9. The first-order valence-electron chi connectivity index (χ1n) is 5.85. The van der Waals surface area contributed by atoms with E-state index < -0.39 is 30.1 Å². The van der Waals surface area contributed by atoms with Crippen LogP contribution in [0.4, 0.5) is 4.79 Å². The van der Waals surface area contributed by atoms with E-state index in [-0.39, 0.29) is 0 Å². The van der Waals surface area contributed by atoms with Crippen LogP contribution in [0, 0.1) is 0 Å². The minimum atomic E-state index is -1.12. The summed E-state index contributed by atoms with van der Waals surface area (Å²) in [6.45, 7) is 1.80. The number of nitrogens with zero attached hydrogens (tertiary/aromatic N) is 1. The molecule has 1 fully saturated rings. The van der Waals surface area contributed by atoms with Gasteiger partial charge in [-0.2, -0.15) is 0 Å². The van der Waals surface area contributed by atoms with E-state index in [0.717, 1.165) is 12.8 Å². The number of hydrogen-bond acceptors (Lipinski definition) is 4. The van der Waals surface area contributed by atoms with Gasteiger partial charge in [-0.3, -0.25) is 4.79 Å². The van der Waals surface area contributed by atoms with Crippen LogP contribution in [-0.2, 0) is 14.3 Å². The average Bonchev–Trinajstić information content (AvgIpc) is 2.37. The highest BCUT2D eigenvalue weighted by Crippen LogP contribution is 2.18. The summed E-state index contributed by atoms with van der Waals surface area (Å²) >= 11 is 0. The van der Waals surface area contributed by atoms with Crippen LogP contribution < -0.4 is 5.32 Å². The fraction of sp³-hybridized carbons (Fsp3) is 0.727. The van der Waals surface area contributed by atoms with Crippen LogP contribution in [0.2, 0.25) is 0 Å². The minimum absolute atomic E-state index is 0.429. The maximum Gasteiger partial charge on any atom is 0.328 e. The Morgan fingerprint density at radius 3 is 2.61 bits per heavy atom. The van der Waals surface area contributed by atoms with Crippen molar-refractivity contribution in [1.29, 1.82) is 0 Å². The predicted molar refractivity (Wildman–Crippen MR) is 62.0 cm³/mol. The van der Waals surface area contributed by atoms with Crippen molar-refractivity contribution in [2.45, 2.75) is 38.3 Å². The van der Waals surface area contributed by atoms with E-state index in [4.69, 9.17) is 5.11 Å². The van der Waals surface area contributed by atoms with Gasteiger partial charge in [-0.1, -0.05) is 0 Å². The molecule has 1 aliphatic rings. The van der Waals surface area contributed by atoms with Crippen LogP contribution in [0.25, 0.3) is 0 Å². The van der Waals surface area contributed by atoms with Crippen LogP contribution in [0.1, 0.15) is 26.2 Å². The van der Waals surface area contributed by atoms with Gasteiger partial charge in [0.2, 0.25) is 0 Å². The highest BCUT2D eigenvalue weighted by atomic mass is 16.5. The molecule has 2 atom stereocenters. The Morgan fingerprint density at radius 1 is 1.39 bits per heavy atom. The molecule has 2 amide bonds. The normalized spacial score (nSPS) is 21.0. The van der Waals surface area contributed by atoms with E-state index in [0.29, 0.717) is 13.0 Å². The van der Waals surface area contributed by atoms with Gasteiger partial charge in [-0.15, -0.1) is 0 Å². The number of carboxylic acid groups (broad SMARTS) is 1. The monoisotopic (exact) mass is 258 g/mol. The maximum atomic E-state index is 11.9. The highest BCUT2D eigenvalue weighted by molar-refractivity contribution is 5.86. The summed E-state index contributed by atoms with van der Waals surface area (Å²) in [7, 11) is 1.27. The Balaban J connectivity index is 2.68. The van der Waals surface area contributed by atoms with Crippen molar-refractivity contribution in [2.75, 3.05) is 13.7 Å². The Labute approximate surface area is 105 Å². The molecule has 0 aromatic carbocycles. The number of carbonyl (C=O) groups excluding carboxylic acids is 2. The van der Waals surface area contributed by atoms with E-state index in [2.05, 4.69) is 10.1 Å². The predicted octanol–water partition coefficient (Wildman–Crippen LogP) is 0.197. The molecular formula is C11H18N2O5. The van der Waals surface area contributed by atoms with Crippen molar-refractivity contribution in [2.24, 2.45) is 0 Å². The zero-order valence-electron chi connectivity index (χ0n) is 10.5. The summed E-state index contributed by atoms with van der Waals surface area (Å²) in [5.74, 6) is -1.58. The molecule has 1 aliphatic heterocycles. The van der Waals surface area contributed by atoms with E-state index in [1.54, 1.807) is 0 Å². The summed E-state index contributed by atoms with van der Waals surface area (Å²) < 4.78 is 4.65. The highest BCUT2D eigenvalue weighted by Gasteiger charge is 2.33. The Kier molecular flexibility index (Phi) is 4.94. The van der Waals surface area contributed by atoms with Crippen LogP contribution >= 0.6 is 0 Å². The van der Waals surface area contributed by atoms with Crippen LogP contribution in [-0.4, -0.2) is 53.7 Å². The second-order valence-electron chi connectivity index (χ2n) is 4.24.